The van der Waals surface area contributed by atoms with E-state index >= 15 is 0 Å². The number of nitrogens with one attached hydrogen (secondary N) is 1. The molecule has 0 radical (unpaired) electrons. The molecule has 3 heterocycles. The lowest BCUT2D eigenvalue weighted by molar-refractivity contribution is -0.114. The number of ether oxygens (including phenoxy) is 1. The fraction of sp³-hybridized carbons (Fsp3) is 0.348. The number of aromatic nitrogens is 2. The van der Waals surface area contributed by atoms with Gasteiger partial charge in [0.1, 0.15) is 15.5 Å². The fourth-order valence-electron chi connectivity index (χ4n) is 3.83. The molecule has 1 N–H and O–H groups in total. The zero-order chi connectivity index (χ0) is 22.8. The van der Waals surface area contributed by atoms with E-state index in [9.17, 15) is 19.2 Å². The van der Waals surface area contributed by atoms with Crippen molar-refractivity contribution in [1.29, 1.82) is 0 Å². The van der Waals surface area contributed by atoms with Crippen molar-refractivity contribution >= 4 is 44.9 Å². The molecule has 0 spiro atoms. The highest BCUT2D eigenvalue weighted by Gasteiger charge is 2.23. The van der Waals surface area contributed by atoms with Gasteiger partial charge in [-0.3, -0.25) is 19.0 Å². The number of anilines is 1. The minimum absolute atomic E-state index is 0.116. The lowest BCUT2D eigenvalue weighted by Gasteiger charge is -2.08. The van der Waals surface area contributed by atoms with Crippen molar-refractivity contribution < 1.29 is 19.1 Å². The summed E-state index contributed by atoms with van der Waals surface area (Å²) in [5.74, 6) is -0.453. The molecule has 1 aliphatic heterocycles. The largest absolute Gasteiger partial charge is 0.453 e. The Morgan fingerprint density at radius 3 is 2.62 bits per heavy atom. The monoisotopic (exact) mass is 453 g/mol. The molecule has 0 saturated carbocycles. The van der Waals surface area contributed by atoms with Crippen LogP contribution in [-0.4, -0.2) is 33.8 Å². The van der Waals surface area contributed by atoms with Crippen molar-refractivity contribution in [2.45, 2.75) is 46.1 Å². The van der Waals surface area contributed by atoms with E-state index in [0.29, 0.717) is 38.5 Å². The molecular weight excluding hydrogens is 430 g/mol. The van der Waals surface area contributed by atoms with Gasteiger partial charge in [0.05, 0.1) is 5.39 Å². The SMILES string of the molecule is CC(=O)Nc1ccc(C(=O)COC(=O)c2sc3nc4n(c(=O)c3c2C)CCCCC4)cc1. The number of Topliss-reactive ketones (excluding diaryl/α,β-unsaturated/α-hetero) is 1. The maximum Gasteiger partial charge on any atom is 0.349 e. The highest BCUT2D eigenvalue weighted by atomic mass is 32.1. The van der Waals surface area contributed by atoms with Crippen LogP contribution in [0.3, 0.4) is 0 Å². The molecule has 9 heteroatoms. The summed E-state index contributed by atoms with van der Waals surface area (Å²) in [5, 5.41) is 3.07. The summed E-state index contributed by atoms with van der Waals surface area (Å²) in [6.07, 6.45) is 3.74. The molecule has 0 bridgehead atoms. The smallest absolute Gasteiger partial charge is 0.349 e. The topological polar surface area (TPSA) is 107 Å². The molecule has 3 aromatic rings. The normalized spacial score (nSPS) is 13.3. The number of thiophene rings is 1. The molecule has 1 aliphatic rings. The van der Waals surface area contributed by atoms with Gasteiger partial charge in [-0.25, -0.2) is 9.78 Å². The second-order valence-electron chi connectivity index (χ2n) is 7.79. The third-order valence-corrected chi connectivity index (χ3v) is 6.62. The summed E-state index contributed by atoms with van der Waals surface area (Å²) in [4.78, 5) is 54.7. The van der Waals surface area contributed by atoms with E-state index in [-0.39, 0.29) is 17.2 Å². The third kappa shape index (κ3) is 4.34. The molecule has 0 unspecified atom stereocenters. The molecule has 0 aliphatic carbocycles. The Labute approximate surface area is 188 Å². The Bertz CT molecular complexity index is 1270. The number of hydrogen-bond donors (Lipinski definition) is 1. The number of benzene rings is 1. The molecule has 0 saturated heterocycles. The van der Waals surface area contributed by atoms with Crippen LogP contribution in [-0.2, 0) is 22.5 Å². The molecule has 2 aromatic heterocycles. The van der Waals surface area contributed by atoms with Gasteiger partial charge in [-0.2, -0.15) is 0 Å². The summed E-state index contributed by atoms with van der Waals surface area (Å²) in [6, 6.07) is 6.33. The van der Waals surface area contributed by atoms with E-state index in [1.54, 1.807) is 35.8 Å². The van der Waals surface area contributed by atoms with Gasteiger partial charge in [-0.05, 0) is 49.6 Å². The molecule has 0 fully saturated rings. The lowest BCUT2D eigenvalue weighted by Crippen LogP contribution is -2.24. The van der Waals surface area contributed by atoms with E-state index in [2.05, 4.69) is 10.3 Å². The first-order valence-electron chi connectivity index (χ1n) is 10.5. The molecule has 32 heavy (non-hydrogen) atoms. The van der Waals surface area contributed by atoms with E-state index in [0.717, 1.165) is 42.8 Å². The van der Waals surface area contributed by atoms with Crippen molar-refractivity contribution in [3.8, 4) is 0 Å². The molecule has 4 rings (SSSR count). The fourth-order valence-corrected chi connectivity index (χ4v) is 4.91. The van der Waals surface area contributed by atoms with Gasteiger partial charge in [-0.1, -0.05) is 6.42 Å². The quantitative estimate of drug-likeness (QED) is 0.468. The lowest BCUT2D eigenvalue weighted by atomic mass is 10.1. The maximum absolute atomic E-state index is 13.0. The standard InChI is InChI=1S/C23H23N3O5S/c1-13-19-21(25-18-6-4-3-5-11-26(18)22(19)29)32-20(13)23(30)31-12-17(28)15-7-9-16(10-8-15)24-14(2)27/h7-10H,3-6,11-12H2,1-2H3,(H,24,27). The van der Waals surface area contributed by atoms with Crippen LogP contribution >= 0.6 is 11.3 Å². The Hall–Kier alpha value is -3.33. The molecule has 0 atom stereocenters. The van der Waals surface area contributed by atoms with Gasteiger partial charge in [0.25, 0.3) is 5.56 Å². The van der Waals surface area contributed by atoms with Crippen molar-refractivity contribution in [2.24, 2.45) is 0 Å². The van der Waals surface area contributed by atoms with Crippen LogP contribution in [0.1, 0.15) is 57.6 Å². The van der Waals surface area contributed by atoms with Crippen molar-refractivity contribution in [2.75, 3.05) is 11.9 Å². The summed E-state index contributed by atoms with van der Waals surface area (Å²) in [7, 11) is 0. The molecule has 8 nitrogen and oxygen atoms in total. The summed E-state index contributed by atoms with van der Waals surface area (Å²) in [6.45, 7) is 3.33. The minimum atomic E-state index is -0.645. The number of amides is 1. The number of ketones is 1. The highest BCUT2D eigenvalue weighted by Crippen LogP contribution is 2.29. The Kier molecular flexibility index (Phi) is 6.18. The predicted octanol–water partition coefficient (Wildman–Crippen LogP) is 3.49. The van der Waals surface area contributed by atoms with Gasteiger partial charge >= 0.3 is 5.97 Å². The van der Waals surface area contributed by atoms with Gasteiger partial charge < -0.3 is 10.1 Å². The number of aryl methyl sites for hydroxylation is 2. The van der Waals surface area contributed by atoms with E-state index in [4.69, 9.17) is 4.74 Å². The van der Waals surface area contributed by atoms with Crippen LogP contribution in [0.25, 0.3) is 10.2 Å². The van der Waals surface area contributed by atoms with Crippen LogP contribution in [0.5, 0.6) is 0 Å². The number of fused-ring (bicyclic) bond motifs is 2. The van der Waals surface area contributed by atoms with Gasteiger partial charge in [0.2, 0.25) is 5.91 Å². The summed E-state index contributed by atoms with van der Waals surface area (Å²) >= 11 is 1.13. The third-order valence-electron chi connectivity index (χ3n) is 5.46. The molecule has 1 amide bonds. The van der Waals surface area contributed by atoms with E-state index < -0.39 is 12.6 Å². The summed E-state index contributed by atoms with van der Waals surface area (Å²) < 4.78 is 6.97. The van der Waals surface area contributed by atoms with Crippen LogP contribution in [0.2, 0.25) is 0 Å². The minimum Gasteiger partial charge on any atom is -0.453 e. The maximum atomic E-state index is 13.0. The number of nitrogens with zero attached hydrogens (tertiary/aromatic N) is 2. The zero-order valence-corrected chi connectivity index (χ0v) is 18.7. The van der Waals surface area contributed by atoms with Crippen LogP contribution in [0.15, 0.2) is 29.1 Å². The Morgan fingerprint density at radius 2 is 1.91 bits per heavy atom. The average molecular weight is 454 g/mol. The first kappa shape index (κ1) is 21.9. The summed E-state index contributed by atoms with van der Waals surface area (Å²) in [5.41, 5.74) is 1.36. The van der Waals surface area contributed by atoms with Gasteiger partial charge in [-0.15, -0.1) is 11.3 Å². The van der Waals surface area contributed by atoms with Crippen molar-refractivity contribution in [3.05, 3.63) is 56.4 Å². The number of carbonyl (C=O) groups excluding carboxylic acids is 3. The molecular formula is C23H23N3O5S. The highest BCUT2D eigenvalue weighted by molar-refractivity contribution is 7.20. The second kappa shape index (κ2) is 9.04. The van der Waals surface area contributed by atoms with Crippen molar-refractivity contribution in [1.82, 2.24) is 9.55 Å². The van der Waals surface area contributed by atoms with Crippen LogP contribution in [0.4, 0.5) is 5.69 Å². The number of carbonyl (C=O) groups is 3. The molecule has 166 valence electrons. The van der Waals surface area contributed by atoms with Crippen LogP contribution in [0, 0.1) is 6.92 Å². The van der Waals surface area contributed by atoms with Gasteiger partial charge in [0, 0.05) is 31.1 Å². The number of rotatable bonds is 5. The second-order valence-corrected chi connectivity index (χ2v) is 8.79. The van der Waals surface area contributed by atoms with Gasteiger partial charge in [0.15, 0.2) is 12.4 Å². The first-order valence-corrected chi connectivity index (χ1v) is 11.3. The van der Waals surface area contributed by atoms with Crippen LogP contribution < -0.4 is 10.9 Å². The number of hydrogen-bond acceptors (Lipinski definition) is 7. The molecule has 1 aromatic carbocycles. The Morgan fingerprint density at radius 1 is 1.16 bits per heavy atom. The Balaban J connectivity index is 1.51. The predicted molar refractivity (Wildman–Crippen MR) is 122 cm³/mol. The number of esters is 1. The first-order chi connectivity index (χ1) is 15.3. The van der Waals surface area contributed by atoms with E-state index in [1.807, 2.05) is 0 Å². The average Bonchev–Trinajstić information content (AvgIpc) is 2.93. The van der Waals surface area contributed by atoms with Crippen molar-refractivity contribution in [3.63, 3.8) is 0 Å². The van der Waals surface area contributed by atoms with E-state index in [1.165, 1.54) is 6.92 Å². The zero-order valence-electron chi connectivity index (χ0n) is 17.9.